The van der Waals surface area contributed by atoms with Crippen LogP contribution in [0, 0.1) is 6.92 Å². The van der Waals surface area contributed by atoms with E-state index >= 15 is 0 Å². The molecule has 0 atom stereocenters. The standard InChI is InChI=1S/C18H15Cl2N3O2S2/c1-3-7-23-17(25)11-8-10(2)27-16(11)22-18(23)26-9-14(24)21-13-6-4-5-12(19)15(13)20/h3-6,8H,1,7,9H2,2H3,(H,21,24). The zero-order valence-electron chi connectivity index (χ0n) is 14.3. The van der Waals surface area contributed by atoms with Gasteiger partial charge < -0.3 is 5.32 Å². The van der Waals surface area contributed by atoms with Crippen molar-refractivity contribution in [3.8, 4) is 0 Å². The van der Waals surface area contributed by atoms with Crippen molar-refractivity contribution in [1.82, 2.24) is 9.55 Å². The van der Waals surface area contributed by atoms with Gasteiger partial charge in [0.2, 0.25) is 5.91 Å². The highest BCUT2D eigenvalue weighted by atomic mass is 35.5. The van der Waals surface area contributed by atoms with Crippen molar-refractivity contribution in [1.29, 1.82) is 0 Å². The van der Waals surface area contributed by atoms with E-state index in [1.165, 1.54) is 27.7 Å². The van der Waals surface area contributed by atoms with Crippen LogP contribution in [0.5, 0.6) is 0 Å². The number of thioether (sulfide) groups is 1. The number of aromatic nitrogens is 2. The number of halogens is 2. The van der Waals surface area contributed by atoms with Crippen LogP contribution in [0.4, 0.5) is 5.69 Å². The molecule has 2 aromatic heterocycles. The Morgan fingerprint density at radius 2 is 2.22 bits per heavy atom. The molecule has 0 radical (unpaired) electrons. The average Bonchev–Trinajstić information content (AvgIpc) is 3.00. The molecule has 0 saturated carbocycles. The lowest BCUT2D eigenvalue weighted by atomic mass is 10.3. The number of anilines is 1. The second kappa shape index (κ2) is 8.48. The van der Waals surface area contributed by atoms with Crippen molar-refractivity contribution in [2.75, 3.05) is 11.1 Å². The maximum Gasteiger partial charge on any atom is 0.263 e. The molecule has 0 spiro atoms. The Morgan fingerprint density at radius 1 is 1.44 bits per heavy atom. The Kier molecular flexibility index (Phi) is 6.26. The number of benzene rings is 1. The number of fused-ring (bicyclic) bond motifs is 1. The monoisotopic (exact) mass is 439 g/mol. The van der Waals surface area contributed by atoms with E-state index in [9.17, 15) is 9.59 Å². The van der Waals surface area contributed by atoms with Crippen LogP contribution in [0.2, 0.25) is 10.0 Å². The topological polar surface area (TPSA) is 64.0 Å². The van der Waals surface area contributed by atoms with Crippen molar-refractivity contribution in [2.45, 2.75) is 18.6 Å². The van der Waals surface area contributed by atoms with Crippen LogP contribution in [0.1, 0.15) is 4.88 Å². The summed E-state index contributed by atoms with van der Waals surface area (Å²) in [4.78, 5) is 31.2. The van der Waals surface area contributed by atoms with Gasteiger partial charge in [-0.15, -0.1) is 17.9 Å². The molecule has 0 aliphatic heterocycles. The first-order chi connectivity index (χ1) is 12.9. The molecule has 1 amide bonds. The summed E-state index contributed by atoms with van der Waals surface area (Å²) in [6, 6.07) is 6.85. The maximum atomic E-state index is 12.7. The van der Waals surface area contributed by atoms with Gasteiger partial charge in [-0.1, -0.05) is 47.1 Å². The van der Waals surface area contributed by atoms with Crippen LogP contribution >= 0.6 is 46.3 Å². The number of amides is 1. The molecule has 5 nitrogen and oxygen atoms in total. The first-order valence-corrected chi connectivity index (χ1v) is 10.4. The van der Waals surface area contributed by atoms with Gasteiger partial charge in [-0.2, -0.15) is 0 Å². The number of carbonyl (C=O) groups excluding carboxylic acids is 1. The average molecular weight is 440 g/mol. The molecular weight excluding hydrogens is 425 g/mol. The molecule has 140 valence electrons. The number of nitrogens with zero attached hydrogens (tertiary/aromatic N) is 2. The molecule has 0 aliphatic carbocycles. The van der Waals surface area contributed by atoms with Crippen molar-refractivity contribution in [3.05, 3.63) is 62.2 Å². The van der Waals surface area contributed by atoms with E-state index in [1.54, 1.807) is 24.3 Å². The molecule has 27 heavy (non-hydrogen) atoms. The predicted molar refractivity (Wildman–Crippen MR) is 115 cm³/mol. The lowest BCUT2D eigenvalue weighted by molar-refractivity contribution is -0.113. The van der Waals surface area contributed by atoms with Gasteiger partial charge in [0.05, 0.1) is 26.9 Å². The summed E-state index contributed by atoms with van der Waals surface area (Å²) in [5, 5.41) is 4.43. The fraction of sp³-hybridized carbons (Fsp3) is 0.167. The Labute approximate surface area is 174 Å². The minimum absolute atomic E-state index is 0.0717. The molecule has 1 N–H and O–H groups in total. The molecule has 0 bridgehead atoms. The Balaban J connectivity index is 1.82. The number of thiophene rings is 1. The summed E-state index contributed by atoms with van der Waals surface area (Å²) in [5.41, 5.74) is 0.306. The zero-order valence-corrected chi connectivity index (χ0v) is 17.4. The Bertz CT molecular complexity index is 1090. The van der Waals surface area contributed by atoms with Gasteiger partial charge in [0.15, 0.2) is 5.16 Å². The van der Waals surface area contributed by atoms with E-state index in [0.717, 1.165) is 4.88 Å². The second-order valence-corrected chi connectivity index (χ2v) is 8.58. The molecular formula is C18H15Cl2N3O2S2. The molecule has 0 saturated heterocycles. The van der Waals surface area contributed by atoms with Gasteiger partial charge in [0.1, 0.15) is 4.83 Å². The van der Waals surface area contributed by atoms with E-state index in [0.29, 0.717) is 32.6 Å². The number of rotatable bonds is 6. The molecule has 3 rings (SSSR count). The van der Waals surface area contributed by atoms with Crippen LogP contribution in [0.3, 0.4) is 0 Å². The van der Waals surface area contributed by atoms with Gasteiger partial charge in [0, 0.05) is 11.4 Å². The fourth-order valence-corrected chi connectivity index (χ4v) is 4.51. The first kappa shape index (κ1) is 19.9. The highest BCUT2D eigenvalue weighted by molar-refractivity contribution is 7.99. The van der Waals surface area contributed by atoms with Crippen molar-refractivity contribution < 1.29 is 4.79 Å². The predicted octanol–water partition coefficient (Wildman–Crippen LogP) is 4.99. The summed E-state index contributed by atoms with van der Waals surface area (Å²) >= 11 is 14.7. The van der Waals surface area contributed by atoms with E-state index in [-0.39, 0.29) is 22.2 Å². The number of aryl methyl sites for hydroxylation is 1. The lowest BCUT2D eigenvalue weighted by Crippen LogP contribution is -2.23. The maximum absolute atomic E-state index is 12.7. The fourth-order valence-electron chi connectivity index (χ4n) is 2.43. The highest BCUT2D eigenvalue weighted by Crippen LogP contribution is 2.30. The smallest absolute Gasteiger partial charge is 0.263 e. The van der Waals surface area contributed by atoms with Crippen molar-refractivity contribution in [2.24, 2.45) is 0 Å². The van der Waals surface area contributed by atoms with Crippen LogP contribution in [0.15, 0.2) is 46.9 Å². The number of nitrogens with one attached hydrogen (secondary N) is 1. The molecule has 1 aromatic carbocycles. The SMILES string of the molecule is C=CCn1c(SCC(=O)Nc2cccc(Cl)c2Cl)nc2sc(C)cc2c1=O. The molecule has 2 heterocycles. The molecule has 0 fully saturated rings. The highest BCUT2D eigenvalue weighted by Gasteiger charge is 2.15. The Morgan fingerprint density at radius 3 is 2.96 bits per heavy atom. The normalized spacial score (nSPS) is 10.9. The van der Waals surface area contributed by atoms with Gasteiger partial charge in [0.25, 0.3) is 5.56 Å². The second-order valence-electron chi connectivity index (χ2n) is 5.61. The van der Waals surface area contributed by atoms with E-state index < -0.39 is 0 Å². The third-order valence-corrected chi connectivity index (χ3v) is 6.35. The van der Waals surface area contributed by atoms with E-state index in [1.807, 2.05) is 13.0 Å². The summed E-state index contributed by atoms with van der Waals surface area (Å²) in [7, 11) is 0. The lowest BCUT2D eigenvalue weighted by Gasteiger charge is -2.11. The van der Waals surface area contributed by atoms with Crippen LogP contribution in [0.25, 0.3) is 10.2 Å². The molecule has 0 unspecified atom stereocenters. The van der Waals surface area contributed by atoms with Crippen molar-refractivity contribution >= 4 is 68.1 Å². The summed E-state index contributed by atoms with van der Waals surface area (Å²) in [5.74, 6) is -0.200. The third kappa shape index (κ3) is 4.38. The summed E-state index contributed by atoms with van der Waals surface area (Å²) < 4.78 is 1.52. The van der Waals surface area contributed by atoms with Gasteiger partial charge >= 0.3 is 0 Å². The van der Waals surface area contributed by atoms with Gasteiger partial charge in [-0.3, -0.25) is 14.2 Å². The van der Waals surface area contributed by atoms with Crippen LogP contribution < -0.4 is 10.9 Å². The molecule has 3 aromatic rings. The molecule has 9 heteroatoms. The third-order valence-electron chi connectivity index (χ3n) is 3.61. The first-order valence-electron chi connectivity index (χ1n) is 7.89. The number of hydrogen-bond acceptors (Lipinski definition) is 5. The quantitative estimate of drug-likeness (QED) is 0.333. The molecule has 0 aliphatic rings. The number of carbonyl (C=O) groups is 1. The van der Waals surface area contributed by atoms with E-state index in [4.69, 9.17) is 23.2 Å². The Hall–Kier alpha value is -1.80. The minimum Gasteiger partial charge on any atom is -0.324 e. The summed E-state index contributed by atoms with van der Waals surface area (Å²) in [6.45, 7) is 5.94. The number of hydrogen-bond donors (Lipinski definition) is 1. The van der Waals surface area contributed by atoms with Gasteiger partial charge in [-0.25, -0.2) is 4.98 Å². The van der Waals surface area contributed by atoms with Crippen LogP contribution in [-0.2, 0) is 11.3 Å². The van der Waals surface area contributed by atoms with Crippen LogP contribution in [-0.4, -0.2) is 21.2 Å². The van der Waals surface area contributed by atoms with Gasteiger partial charge in [-0.05, 0) is 25.1 Å². The van der Waals surface area contributed by atoms with E-state index in [2.05, 4.69) is 16.9 Å². The van der Waals surface area contributed by atoms with Crippen molar-refractivity contribution in [3.63, 3.8) is 0 Å². The zero-order chi connectivity index (χ0) is 19.6. The largest absolute Gasteiger partial charge is 0.324 e. The summed E-state index contributed by atoms with van der Waals surface area (Å²) in [6.07, 6.45) is 1.63. The minimum atomic E-state index is -0.272. The number of allylic oxidation sites excluding steroid dienone is 1.